The van der Waals surface area contributed by atoms with Gasteiger partial charge >= 0.3 is 0 Å². The summed E-state index contributed by atoms with van der Waals surface area (Å²) >= 11 is 0. The maximum absolute atomic E-state index is 12.2. The highest BCUT2D eigenvalue weighted by molar-refractivity contribution is 6.04. The summed E-state index contributed by atoms with van der Waals surface area (Å²) in [5.41, 5.74) is 1.29. The molecule has 0 aliphatic carbocycles. The van der Waals surface area contributed by atoms with Gasteiger partial charge in [-0.15, -0.1) is 10.2 Å². The Kier molecular flexibility index (Phi) is 5.09. The summed E-state index contributed by atoms with van der Waals surface area (Å²) < 4.78 is 7.80. The Bertz CT molecular complexity index is 859. The van der Waals surface area contributed by atoms with Crippen LogP contribution in [0.2, 0.25) is 0 Å². The number of rotatable bonds is 6. The Hall–Kier alpha value is -3.15. The molecule has 0 unspecified atom stereocenters. The van der Waals surface area contributed by atoms with Gasteiger partial charge < -0.3 is 14.6 Å². The summed E-state index contributed by atoms with van der Waals surface area (Å²) in [6.07, 6.45) is 0. The predicted octanol–water partition coefficient (Wildman–Crippen LogP) is 3.44. The van der Waals surface area contributed by atoms with Crippen molar-refractivity contribution in [2.75, 3.05) is 5.32 Å². The fraction of sp³-hybridized carbons (Fsp3) is 0.211. The van der Waals surface area contributed by atoms with Gasteiger partial charge in [-0.05, 0) is 38.1 Å². The Balaban J connectivity index is 1.66. The number of nitrogens with zero attached hydrogens (tertiary/aromatic N) is 3. The molecule has 6 nitrogen and oxygen atoms in total. The van der Waals surface area contributed by atoms with E-state index in [9.17, 15) is 4.79 Å². The average molecular weight is 336 g/mol. The molecule has 0 atom stereocenters. The van der Waals surface area contributed by atoms with E-state index in [1.54, 1.807) is 18.2 Å². The molecule has 25 heavy (non-hydrogen) atoms. The second-order valence-corrected chi connectivity index (χ2v) is 5.54. The number of ether oxygens (including phenoxy) is 1. The van der Waals surface area contributed by atoms with Crippen LogP contribution in [-0.2, 0) is 13.2 Å². The van der Waals surface area contributed by atoms with Crippen LogP contribution in [0.3, 0.4) is 0 Å². The number of aryl methyl sites for hydroxylation is 1. The van der Waals surface area contributed by atoms with Crippen LogP contribution in [0.15, 0.2) is 54.6 Å². The molecule has 1 aromatic heterocycles. The Morgan fingerprint density at radius 2 is 1.92 bits per heavy atom. The van der Waals surface area contributed by atoms with Gasteiger partial charge in [0.25, 0.3) is 5.91 Å². The lowest BCUT2D eigenvalue weighted by Gasteiger charge is -2.10. The molecule has 0 saturated heterocycles. The summed E-state index contributed by atoms with van der Waals surface area (Å²) in [4.78, 5) is 12.2. The minimum atomic E-state index is -0.154. The fourth-order valence-corrected chi connectivity index (χ4v) is 2.55. The summed E-state index contributed by atoms with van der Waals surface area (Å²) in [5, 5.41) is 11.1. The zero-order valence-corrected chi connectivity index (χ0v) is 14.3. The number of hydrogen-bond donors (Lipinski definition) is 1. The molecule has 0 spiro atoms. The fourth-order valence-electron chi connectivity index (χ4n) is 2.55. The van der Waals surface area contributed by atoms with Crippen molar-refractivity contribution in [1.82, 2.24) is 14.8 Å². The van der Waals surface area contributed by atoms with Crippen molar-refractivity contribution >= 4 is 11.6 Å². The second kappa shape index (κ2) is 7.61. The molecule has 128 valence electrons. The van der Waals surface area contributed by atoms with Gasteiger partial charge in [0.05, 0.1) is 0 Å². The van der Waals surface area contributed by atoms with Crippen molar-refractivity contribution in [3.63, 3.8) is 0 Å². The Morgan fingerprint density at radius 1 is 1.12 bits per heavy atom. The lowest BCUT2D eigenvalue weighted by Crippen LogP contribution is -2.11. The van der Waals surface area contributed by atoms with Crippen LogP contribution in [0, 0.1) is 6.92 Å². The topological polar surface area (TPSA) is 69.0 Å². The number of benzene rings is 2. The molecule has 3 aromatic rings. The van der Waals surface area contributed by atoms with Crippen LogP contribution >= 0.6 is 0 Å². The van der Waals surface area contributed by atoms with Crippen molar-refractivity contribution in [1.29, 1.82) is 0 Å². The smallest absolute Gasteiger partial charge is 0.255 e. The molecule has 1 heterocycles. The lowest BCUT2D eigenvalue weighted by atomic mass is 10.2. The predicted molar refractivity (Wildman–Crippen MR) is 95.6 cm³/mol. The second-order valence-electron chi connectivity index (χ2n) is 5.54. The van der Waals surface area contributed by atoms with Crippen molar-refractivity contribution in [3.8, 4) is 5.75 Å². The first-order valence-electron chi connectivity index (χ1n) is 8.15. The number of carbonyl (C=O) groups excluding carboxylic acids is 1. The maximum Gasteiger partial charge on any atom is 0.255 e. The van der Waals surface area contributed by atoms with Crippen LogP contribution in [0.1, 0.15) is 28.9 Å². The van der Waals surface area contributed by atoms with Crippen LogP contribution in [0.25, 0.3) is 0 Å². The van der Waals surface area contributed by atoms with E-state index in [1.165, 1.54) is 0 Å². The highest BCUT2D eigenvalue weighted by Crippen LogP contribution is 2.19. The molecule has 2 aromatic carbocycles. The van der Waals surface area contributed by atoms with E-state index in [1.807, 2.05) is 54.8 Å². The molecular weight excluding hydrogens is 316 g/mol. The standard InChI is InChI=1S/C19H20N4O2/c1-3-23-14(2)21-22-18(23)13-25-17-11-7-10-16(12-17)20-19(24)15-8-5-4-6-9-15/h4-12H,3,13H2,1-2H3,(H,20,24). The molecular formula is C19H20N4O2. The van der Waals surface area contributed by atoms with E-state index in [2.05, 4.69) is 15.5 Å². The van der Waals surface area contributed by atoms with E-state index in [-0.39, 0.29) is 5.91 Å². The number of aromatic nitrogens is 3. The monoisotopic (exact) mass is 336 g/mol. The third-order valence-electron chi connectivity index (χ3n) is 3.82. The van der Waals surface area contributed by atoms with E-state index in [0.717, 1.165) is 18.2 Å². The van der Waals surface area contributed by atoms with Gasteiger partial charge in [0.15, 0.2) is 5.82 Å². The highest BCUT2D eigenvalue weighted by atomic mass is 16.5. The summed E-state index contributed by atoms with van der Waals surface area (Å²) in [6.45, 7) is 5.08. The summed E-state index contributed by atoms with van der Waals surface area (Å²) in [6, 6.07) is 16.4. The molecule has 0 aliphatic heterocycles. The lowest BCUT2D eigenvalue weighted by molar-refractivity contribution is 0.102. The molecule has 0 saturated carbocycles. The largest absolute Gasteiger partial charge is 0.486 e. The number of anilines is 1. The average Bonchev–Trinajstić information content (AvgIpc) is 3.00. The first-order chi connectivity index (χ1) is 12.2. The van der Waals surface area contributed by atoms with E-state index in [4.69, 9.17) is 4.74 Å². The molecule has 1 N–H and O–H groups in total. The number of carbonyl (C=O) groups is 1. The third kappa shape index (κ3) is 4.03. The quantitative estimate of drug-likeness (QED) is 0.749. The van der Waals surface area contributed by atoms with Crippen LogP contribution in [-0.4, -0.2) is 20.7 Å². The first kappa shape index (κ1) is 16.7. The van der Waals surface area contributed by atoms with Gasteiger partial charge in [-0.2, -0.15) is 0 Å². The molecule has 0 radical (unpaired) electrons. The van der Waals surface area contributed by atoms with Crippen molar-refractivity contribution in [2.24, 2.45) is 0 Å². The normalized spacial score (nSPS) is 10.5. The minimum absolute atomic E-state index is 0.154. The van der Waals surface area contributed by atoms with Crippen molar-refractivity contribution < 1.29 is 9.53 Å². The molecule has 0 fully saturated rings. The van der Waals surface area contributed by atoms with Crippen LogP contribution in [0.4, 0.5) is 5.69 Å². The molecule has 0 aliphatic rings. The van der Waals surface area contributed by atoms with Gasteiger partial charge in [0.2, 0.25) is 0 Å². The van der Waals surface area contributed by atoms with Gasteiger partial charge in [0.1, 0.15) is 18.2 Å². The number of hydrogen-bond acceptors (Lipinski definition) is 4. The van der Waals surface area contributed by atoms with Gasteiger partial charge in [0, 0.05) is 23.9 Å². The maximum atomic E-state index is 12.2. The van der Waals surface area contributed by atoms with Crippen LogP contribution < -0.4 is 10.1 Å². The van der Waals surface area contributed by atoms with Crippen LogP contribution in [0.5, 0.6) is 5.75 Å². The zero-order chi connectivity index (χ0) is 17.6. The SMILES string of the molecule is CCn1c(C)nnc1COc1cccc(NC(=O)c2ccccc2)c1. The Morgan fingerprint density at radius 3 is 2.68 bits per heavy atom. The van der Waals surface area contributed by atoms with Crippen molar-refractivity contribution in [3.05, 3.63) is 71.8 Å². The zero-order valence-electron chi connectivity index (χ0n) is 14.3. The number of amides is 1. The third-order valence-corrected chi connectivity index (χ3v) is 3.82. The highest BCUT2D eigenvalue weighted by Gasteiger charge is 2.09. The van der Waals surface area contributed by atoms with E-state index < -0.39 is 0 Å². The molecule has 3 rings (SSSR count). The summed E-state index contributed by atoms with van der Waals surface area (Å²) in [5.74, 6) is 2.15. The Labute approximate surface area is 146 Å². The summed E-state index contributed by atoms with van der Waals surface area (Å²) in [7, 11) is 0. The van der Waals surface area contributed by atoms with Gasteiger partial charge in [-0.25, -0.2) is 0 Å². The van der Waals surface area contributed by atoms with E-state index >= 15 is 0 Å². The minimum Gasteiger partial charge on any atom is -0.486 e. The molecule has 6 heteroatoms. The molecule has 1 amide bonds. The van der Waals surface area contributed by atoms with E-state index in [0.29, 0.717) is 23.6 Å². The van der Waals surface area contributed by atoms with Gasteiger partial charge in [-0.3, -0.25) is 4.79 Å². The number of nitrogens with one attached hydrogen (secondary N) is 1. The molecule has 0 bridgehead atoms. The van der Waals surface area contributed by atoms with Gasteiger partial charge in [-0.1, -0.05) is 24.3 Å². The van der Waals surface area contributed by atoms with Crippen molar-refractivity contribution in [2.45, 2.75) is 27.0 Å². The first-order valence-corrected chi connectivity index (χ1v) is 8.15.